The van der Waals surface area contributed by atoms with Crippen LogP contribution >= 0.6 is 0 Å². The molecule has 1 saturated heterocycles. The third-order valence-electron chi connectivity index (χ3n) is 4.28. The molecule has 1 aliphatic rings. The second kappa shape index (κ2) is 6.90. The van der Waals surface area contributed by atoms with Gasteiger partial charge in [-0.15, -0.1) is 0 Å². The van der Waals surface area contributed by atoms with Gasteiger partial charge >= 0.3 is 0 Å². The molecule has 1 atom stereocenters. The van der Waals surface area contributed by atoms with Gasteiger partial charge in [-0.05, 0) is 41.8 Å². The van der Waals surface area contributed by atoms with E-state index < -0.39 is 0 Å². The number of pyridine rings is 1. The minimum Gasteiger partial charge on any atom is -0.497 e. The van der Waals surface area contributed by atoms with Gasteiger partial charge in [0.15, 0.2) is 0 Å². The molecule has 1 unspecified atom stereocenters. The molecule has 1 N–H and O–H groups in total. The van der Waals surface area contributed by atoms with E-state index in [-0.39, 0.29) is 6.04 Å². The molecule has 1 aromatic carbocycles. The van der Waals surface area contributed by atoms with Crippen LogP contribution in [0.4, 0.5) is 0 Å². The van der Waals surface area contributed by atoms with Crippen LogP contribution in [-0.4, -0.2) is 43.2 Å². The fraction of sp³-hybridized carbons (Fsp3) is 0.389. The van der Waals surface area contributed by atoms with Crippen molar-refractivity contribution >= 4 is 0 Å². The molecule has 0 bridgehead atoms. The van der Waals surface area contributed by atoms with Crippen molar-refractivity contribution in [1.82, 2.24) is 15.2 Å². The highest BCUT2D eigenvalue weighted by molar-refractivity contribution is 5.39. The van der Waals surface area contributed by atoms with Crippen LogP contribution in [-0.2, 0) is 0 Å². The van der Waals surface area contributed by atoms with Crippen LogP contribution in [0, 0.1) is 6.92 Å². The van der Waals surface area contributed by atoms with Gasteiger partial charge in [0.2, 0.25) is 0 Å². The van der Waals surface area contributed by atoms with E-state index in [9.17, 15) is 0 Å². The molecular formula is C18H23N3O. The number of nitrogens with one attached hydrogen (secondary N) is 1. The van der Waals surface area contributed by atoms with Crippen molar-refractivity contribution in [3.8, 4) is 5.75 Å². The molecule has 0 amide bonds. The number of hydrogen-bond acceptors (Lipinski definition) is 4. The molecule has 2 heterocycles. The first kappa shape index (κ1) is 15.0. The summed E-state index contributed by atoms with van der Waals surface area (Å²) >= 11 is 0. The van der Waals surface area contributed by atoms with Crippen molar-refractivity contribution in [2.24, 2.45) is 0 Å². The monoisotopic (exact) mass is 297 g/mol. The highest BCUT2D eigenvalue weighted by Crippen LogP contribution is 2.32. The van der Waals surface area contributed by atoms with Gasteiger partial charge in [-0.1, -0.05) is 12.1 Å². The molecule has 1 aromatic heterocycles. The zero-order chi connectivity index (χ0) is 15.4. The van der Waals surface area contributed by atoms with Crippen LogP contribution in [0.15, 0.2) is 42.7 Å². The lowest BCUT2D eigenvalue weighted by molar-refractivity contribution is 0.197. The summed E-state index contributed by atoms with van der Waals surface area (Å²) in [5.41, 5.74) is 3.83. The Morgan fingerprint density at radius 3 is 2.77 bits per heavy atom. The summed E-state index contributed by atoms with van der Waals surface area (Å²) in [5.74, 6) is 0.907. The van der Waals surface area contributed by atoms with Gasteiger partial charge in [0.05, 0.1) is 13.2 Å². The molecule has 4 heteroatoms. The molecule has 0 saturated carbocycles. The average Bonchev–Trinajstić information content (AvgIpc) is 2.58. The molecule has 1 fully saturated rings. The Kier molecular flexibility index (Phi) is 4.71. The van der Waals surface area contributed by atoms with Crippen LogP contribution in [0.3, 0.4) is 0 Å². The Bertz CT molecular complexity index is 623. The maximum Gasteiger partial charge on any atom is 0.119 e. The Balaban J connectivity index is 2.03. The zero-order valence-electron chi connectivity index (χ0n) is 13.2. The second-order valence-corrected chi connectivity index (χ2v) is 5.70. The smallest absolute Gasteiger partial charge is 0.119 e. The second-order valence-electron chi connectivity index (χ2n) is 5.70. The first-order valence-corrected chi connectivity index (χ1v) is 7.79. The van der Waals surface area contributed by atoms with Gasteiger partial charge in [-0.3, -0.25) is 9.88 Å². The molecule has 116 valence electrons. The predicted octanol–water partition coefficient (Wildman–Crippen LogP) is 2.39. The topological polar surface area (TPSA) is 37.4 Å². The normalized spacial score (nSPS) is 17.2. The first-order valence-electron chi connectivity index (χ1n) is 7.79. The number of benzene rings is 1. The van der Waals surface area contributed by atoms with E-state index in [1.807, 2.05) is 18.5 Å². The van der Waals surface area contributed by atoms with Crippen LogP contribution in [0.2, 0.25) is 0 Å². The summed E-state index contributed by atoms with van der Waals surface area (Å²) in [5, 5.41) is 3.43. The van der Waals surface area contributed by atoms with Crippen LogP contribution in [0.25, 0.3) is 0 Å². The third kappa shape index (κ3) is 3.13. The van der Waals surface area contributed by atoms with Crippen molar-refractivity contribution in [3.63, 3.8) is 0 Å². The molecule has 0 spiro atoms. The highest BCUT2D eigenvalue weighted by atomic mass is 16.5. The quantitative estimate of drug-likeness (QED) is 0.940. The molecular weight excluding hydrogens is 274 g/mol. The van der Waals surface area contributed by atoms with Gasteiger partial charge in [-0.25, -0.2) is 0 Å². The number of piperazine rings is 1. The maximum atomic E-state index is 5.42. The molecule has 4 nitrogen and oxygen atoms in total. The van der Waals surface area contributed by atoms with E-state index in [1.165, 1.54) is 16.7 Å². The molecule has 22 heavy (non-hydrogen) atoms. The van der Waals surface area contributed by atoms with E-state index in [1.54, 1.807) is 7.11 Å². The number of aryl methyl sites for hydroxylation is 1. The number of methoxy groups -OCH3 is 1. The largest absolute Gasteiger partial charge is 0.497 e. The Hall–Kier alpha value is -1.91. The zero-order valence-corrected chi connectivity index (χ0v) is 13.2. The average molecular weight is 297 g/mol. The van der Waals surface area contributed by atoms with Crippen molar-refractivity contribution in [2.45, 2.75) is 13.0 Å². The SMILES string of the molecule is COc1cccc(C(c2ccncc2C)N2CCNCC2)c1. The minimum absolute atomic E-state index is 0.250. The van der Waals surface area contributed by atoms with Gasteiger partial charge in [0, 0.05) is 38.6 Å². The highest BCUT2D eigenvalue weighted by Gasteiger charge is 2.25. The summed E-state index contributed by atoms with van der Waals surface area (Å²) in [6, 6.07) is 10.8. The van der Waals surface area contributed by atoms with Gasteiger partial charge in [0.25, 0.3) is 0 Å². The fourth-order valence-electron chi connectivity index (χ4n) is 3.13. The molecule has 0 aliphatic carbocycles. The summed E-state index contributed by atoms with van der Waals surface area (Å²) in [6.45, 7) is 6.29. The van der Waals surface area contributed by atoms with Crippen LogP contribution in [0.5, 0.6) is 5.75 Å². The van der Waals surface area contributed by atoms with Gasteiger partial charge < -0.3 is 10.1 Å². The van der Waals surface area contributed by atoms with Crippen molar-refractivity contribution in [3.05, 3.63) is 59.4 Å². The van der Waals surface area contributed by atoms with E-state index in [4.69, 9.17) is 4.74 Å². The summed E-state index contributed by atoms with van der Waals surface area (Å²) in [7, 11) is 1.72. The summed E-state index contributed by atoms with van der Waals surface area (Å²) < 4.78 is 5.42. The van der Waals surface area contributed by atoms with Crippen LogP contribution < -0.4 is 10.1 Å². The number of rotatable bonds is 4. The molecule has 3 rings (SSSR count). The number of hydrogen-bond donors (Lipinski definition) is 1. The molecule has 0 radical (unpaired) electrons. The minimum atomic E-state index is 0.250. The summed E-state index contributed by atoms with van der Waals surface area (Å²) in [6.07, 6.45) is 3.84. The van der Waals surface area contributed by atoms with E-state index in [0.29, 0.717) is 0 Å². The van der Waals surface area contributed by atoms with Crippen molar-refractivity contribution in [1.29, 1.82) is 0 Å². The van der Waals surface area contributed by atoms with Gasteiger partial charge in [-0.2, -0.15) is 0 Å². The van der Waals surface area contributed by atoms with Gasteiger partial charge in [0.1, 0.15) is 5.75 Å². The van der Waals surface area contributed by atoms with Crippen molar-refractivity contribution in [2.75, 3.05) is 33.3 Å². The van der Waals surface area contributed by atoms with Crippen LogP contribution in [0.1, 0.15) is 22.7 Å². The first-order chi connectivity index (χ1) is 10.8. The number of nitrogens with zero attached hydrogens (tertiary/aromatic N) is 2. The Morgan fingerprint density at radius 1 is 1.23 bits per heavy atom. The number of aromatic nitrogens is 1. The van der Waals surface area contributed by atoms with Crippen molar-refractivity contribution < 1.29 is 4.74 Å². The Morgan fingerprint density at radius 2 is 2.05 bits per heavy atom. The summed E-state index contributed by atoms with van der Waals surface area (Å²) in [4.78, 5) is 6.78. The molecule has 2 aromatic rings. The van der Waals surface area contributed by atoms with E-state index >= 15 is 0 Å². The standard InChI is InChI=1S/C18H23N3O/c1-14-13-20-7-6-17(14)18(21-10-8-19-9-11-21)15-4-3-5-16(12-15)22-2/h3-7,12-13,18-19H,8-11H2,1-2H3. The fourth-order valence-corrected chi connectivity index (χ4v) is 3.13. The lowest BCUT2D eigenvalue weighted by atomic mass is 9.94. The lowest BCUT2D eigenvalue weighted by Crippen LogP contribution is -2.45. The predicted molar refractivity (Wildman–Crippen MR) is 88.3 cm³/mol. The molecule has 1 aliphatic heterocycles. The number of ether oxygens (including phenoxy) is 1. The third-order valence-corrected chi connectivity index (χ3v) is 4.28. The van der Waals surface area contributed by atoms with E-state index in [2.05, 4.69) is 46.4 Å². The Labute approximate surface area is 132 Å². The van der Waals surface area contributed by atoms with E-state index in [0.717, 1.165) is 31.9 Å². The lowest BCUT2D eigenvalue weighted by Gasteiger charge is -2.36. The maximum absolute atomic E-state index is 5.42.